The summed E-state index contributed by atoms with van der Waals surface area (Å²) < 4.78 is 79.4. The van der Waals surface area contributed by atoms with Crippen LogP contribution in [-0.2, 0) is 4.74 Å². The minimum Gasteiger partial charge on any atom is -0.457 e. The Kier molecular flexibility index (Phi) is 8.07. The van der Waals surface area contributed by atoms with Crippen LogP contribution in [0.5, 0.6) is 17.2 Å². The Morgan fingerprint density at radius 1 is 0.955 bits per heavy atom. The number of halogens is 4. The lowest BCUT2D eigenvalue weighted by Crippen LogP contribution is -2.78. The molecule has 3 aromatic carbocycles. The molecule has 2 fully saturated rings. The van der Waals surface area contributed by atoms with Crippen molar-refractivity contribution >= 4 is 5.69 Å². The second-order valence-corrected chi connectivity index (χ2v) is 12.0. The number of hydrogen-bond donors (Lipinski definition) is 1. The number of quaternary nitrogens is 1. The Labute approximate surface area is 254 Å². The Hall–Kier alpha value is -3.66. The van der Waals surface area contributed by atoms with Gasteiger partial charge in [-0.1, -0.05) is 25.1 Å². The number of likely N-dealkylation sites (tertiary alicyclic amines) is 1. The van der Waals surface area contributed by atoms with Crippen molar-refractivity contribution in [3.05, 3.63) is 108 Å². The fourth-order valence-corrected chi connectivity index (χ4v) is 7.28. The molecular weight excluding hydrogens is 574 g/mol. The van der Waals surface area contributed by atoms with E-state index in [0.29, 0.717) is 42.1 Å². The van der Waals surface area contributed by atoms with Gasteiger partial charge in [0.25, 0.3) is 0 Å². The molecule has 1 N–H and O–H groups in total. The standard InChI is InChI=1S/C35H36F4NO4/c1-3-23-20-35(41,34(39)16-15-32(29(23)21-34)43-27-13-11-24(36)12-14-27)40(17-7-10-28(22-40)42-2)31-19-25(37)18-30(38)33(31)44-26-8-5-4-6-9-26/h4-6,8-9,11-16,18-19,23,28,41H,3,7,10,17,20-22H2,1-2H3/q+1/t23?,28?,34?,35?,40-/m1/s1. The largest absolute Gasteiger partial charge is 0.457 e. The van der Waals surface area contributed by atoms with Crippen molar-refractivity contribution in [3.63, 3.8) is 0 Å². The Morgan fingerprint density at radius 2 is 1.68 bits per heavy atom. The van der Waals surface area contributed by atoms with E-state index in [0.717, 1.165) is 12.1 Å². The number of aliphatic hydroxyl groups is 1. The van der Waals surface area contributed by atoms with Gasteiger partial charge in [-0.3, -0.25) is 4.48 Å². The molecular formula is C35H36F4NO4+. The first-order valence-electron chi connectivity index (χ1n) is 15.0. The van der Waals surface area contributed by atoms with Gasteiger partial charge in [0.2, 0.25) is 17.1 Å². The maximum Gasteiger partial charge on any atom is 0.245 e. The van der Waals surface area contributed by atoms with Crippen LogP contribution in [0.1, 0.15) is 39.0 Å². The molecule has 1 heterocycles. The van der Waals surface area contributed by atoms with E-state index in [1.54, 1.807) is 37.4 Å². The van der Waals surface area contributed by atoms with Crippen LogP contribution in [0.2, 0.25) is 0 Å². The number of alkyl halides is 1. The van der Waals surface area contributed by atoms with Crippen LogP contribution >= 0.6 is 0 Å². The van der Waals surface area contributed by atoms with Gasteiger partial charge in [0.15, 0.2) is 11.5 Å². The van der Waals surface area contributed by atoms with E-state index >= 15 is 13.2 Å². The van der Waals surface area contributed by atoms with Gasteiger partial charge in [-0.25, -0.2) is 17.6 Å². The molecule has 1 aliphatic heterocycles. The lowest BCUT2D eigenvalue weighted by atomic mass is 9.65. The SMILES string of the molecule is CCC1CC(O)([N@+]2(c3cc(F)cc(F)c3Oc3ccccc3)CCCC(OC)C2)C2(F)C=CC(Oc3ccc(F)cc3)=C1C2. The van der Waals surface area contributed by atoms with E-state index in [1.165, 1.54) is 36.4 Å². The van der Waals surface area contributed by atoms with Gasteiger partial charge in [0.1, 0.15) is 41.5 Å². The second kappa shape index (κ2) is 11.7. The summed E-state index contributed by atoms with van der Waals surface area (Å²) in [6, 6.07) is 16.0. The van der Waals surface area contributed by atoms with Crippen molar-refractivity contribution < 1.29 is 36.9 Å². The zero-order valence-electron chi connectivity index (χ0n) is 24.7. The normalized spacial score (nSPS) is 29.9. The number of fused-ring (bicyclic) bond motifs is 2. The molecule has 5 nitrogen and oxygen atoms in total. The van der Waals surface area contributed by atoms with E-state index in [1.807, 2.05) is 6.92 Å². The predicted octanol–water partition coefficient (Wildman–Crippen LogP) is 8.13. The molecule has 9 heteroatoms. The molecule has 3 aromatic rings. The minimum absolute atomic E-state index is 0.0247. The first kappa shape index (κ1) is 30.4. The van der Waals surface area contributed by atoms with Gasteiger partial charge < -0.3 is 19.3 Å². The first-order valence-corrected chi connectivity index (χ1v) is 15.0. The number of piperidine rings is 1. The number of hydrogen-bond acceptors (Lipinski definition) is 4. The number of rotatable bonds is 8. The zero-order valence-corrected chi connectivity index (χ0v) is 24.7. The number of nitrogens with zero attached hydrogens (tertiary/aromatic N) is 1. The third-order valence-corrected chi connectivity index (χ3v) is 9.52. The van der Waals surface area contributed by atoms with Crippen molar-refractivity contribution in [3.8, 4) is 17.2 Å². The summed E-state index contributed by atoms with van der Waals surface area (Å²) in [6.45, 7) is 2.23. The van der Waals surface area contributed by atoms with Crippen LogP contribution in [-0.4, -0.2) is 42.8 Å². The average Bonchev–Trinajstić information content (AvgIpc) is 3.03. The number of ether oxygens (including phenoxy) is 3. The van der Waals surface area contributed by atoms with Crippen LogP contribution in [0, 0.1) is 23.4 Å². The van der Waals surface area contributed by atoms with Crippen molar-refractivity contribution in [2.45, 2.75) is 56.5 Å². The summed E-state index contributed by atoms with van der Waals surface area (Å²) in [4.78, 5) is 0. The summed E-state index contributed by atoms with van der Waals surface area (Å²) in [5.41, 5.74) is -3.76. The highest BCUT2D eigenvalue weighted by Crippen LogP contribution is 2.58. The van der Waals surface area contributed by atoms with Gasteiger partial charge in [-0.15, -0.1) is 0 Å². The number of benzene rings is 3. The third kappa shape index (κ3) is 5.10. The molecule has 2 bridgehead atoms. The lowest BCUT2D eigenvalue weighted by Gasteiger charge is -2.60. The van der Waals surface area contributed by atoms with Crippen LogP contribution in [0.15, 0.2) is 90.2 Å². The zero-order chi connectivity index (χ0) is 31.1. The summed E-state index contributed by atoms with van der Waals surface area (Å²) in [5.74, 6) is -1.62. The first-order chi connectivity index (χ1) is 21.1. The molecule has 0 aromatic heterocycles. The van der Waals surface area contributed by atoms with E-state index in [4.69, 9.17) is 14.2 Å². The van der Waals surface area contributed by atoms with Crippen LogP contribution in [0.4, 0.5) is 23.2 Å². The summed E-state index contributed by atoms with van der Waals surface area (Å²) in [7, 11) is 1.55. The predicted molar refractivity (Wildman–Crippen MR) is 159 cm³/mol. The molecule has 44 heavy (non-hydrogen) atoms. The van der Waals surface area contributed by atoms with Crippen LogP contribution in [0.25, 0.3) is 0 Å². The van der Waals surface area contributed by atoms with Gasteiger partial charge in [-0.05, 0) is 79.3 Å². The van der Waals surface area contributed by atoms with Crippen LogP contribution in [0.3, 0.4) is 0 Å². The fraction of sp³-hybridized carbons (Fsp3) is 0.371. The van der Waals surface area contributed by atoms with Gasteiger partial charge in [0, 0.05) is 32.1 Å². The van der Waals surface area contributed by atoms with Crippen molar-refractivity contribution in [2.24, 2.45) is 5.92 Å². The maximum absolute atomic E-state index is 17.7. The quantitative estimate of drug-likeness (QED) is 0.207. The van der Waals surface area contributed by atoms with Gasteiger partial charge in [-0.2, -0.15) is 0 Å². The van der Waals surface area contributed by atoms with Crippen molar-refractivity contribution in [2.75, 3.05) is 20.2 Å². The number of para-hydroxylation sites is 1. The van der Waals surface area contributed by atoms with Crippen molar-refractivity contribution in [1.29, 1.82) is 0 Å². The van der Waals surface area contributed by atoms with Crippen LogP contribution < -0.4 is 14.0 Å². The molecule has 5 atom stereocenters. The highest BCUT2D eigenvalue weighted by Gasteiger charge is 2.70. The highest BCUT2D eigenvalue weighted by molar-refractivity contribution is 5.61. The van der Waals surface area contributed by atoms with E-state index in [-0.39, 0.29) is 43.3 Å². The molecule has 4 unspecified atom stereocenters. The molecule has 0 spiro atoms. The molecule has 2 aliphatic carbocycles. The molecule has 0 amide bonds. The summed E-state index contributed by atoms with van der Waals surface area (Å²) in [6.07, 6.45) is 3.88. The number of methoxy groups -OCH3 is 1. The lowest BCUT2D eigenvalue weighted by molar-refractivity contribution is -0.215. The van der Waals surface area contributed by atoms with Gasteiger partial charge >= 0.3 is 0 Å². The van der Waals surface area contributed by atoms with E-state index in [9.17, 15) is 9.50 Å². The second-order valence-electron chi connectivity index (χ2n) is 12.0. The molecule has 0 radical (unpaired) electrons. The monoisotopic (exact) mass is 610 g/mol. The molecule has 232 valence electrons. The Balaban J connectivity index is 1.50. The third-order valence-electron chi connectivity index (χ3n) is 9.52. The smallest absolute Gasteiger partial charge is 0.245 e. The topological polar surface area (TPSA) is 47.9 Å². The molecule has 1 saturated heterocycles. The van der Waals surface area contributed by atoms with Gasteiger partial charge in [0.05, 0.1) is 6.54 Å². The van der Waals surface area contributed by atoms with E-state index in [2.05, 4.69) is 0 Å². The average molecular weight is 611 g/mol. The highest BCUT2D eigenvalue weighted by atomic mass is 19.1. The maximum atomic E-state index is 17.7. The molecule has 1 saturated carbocycles. The number of allylic oxidation sites excluding steroid dienone is 2. The van der Waals surface area contributed by atoms with Crippen molar-refractivity contribution in [1.82, 2.24) is 4.48 Å². The summed E-state index contributed by atoms with van der Waals surface area (Å²) >= 11 is 0. The van der Waals surface area contributed by atoms with E-state index < -0.39 is 39.4 Å². The summed E-state index contributed by atoms with van der Waals surface area (Å²) in [5, 5.41) is 12.9. The minimum atomic E-state index is -2.33. The fourth-order valence-electron chi connectivity index (χ4n) is 7.28. The Bertz CT molecular complexity index is 1580. The molecule has 3 aliphatic rings. The Morgan fingerprint density at radius 3 is 2.39 bits per heavy atom. The molecule has 6 rings (SSSR count).